The minimum Gasteiger partial charge on any atom is -0.291 e. The molecule has 1 unspecified atom stereocenters. The SMILES string of the molecule is CC(c1ccc(Cl)cc1)N(C)CC(=O)N1CCC(c2ccccc2)=N1. The number of rotatable bonds is 5. The molecule has 0 radical (unpaired) electrons. The van der Waals surface area contributed by atoms with E-state index in [1.165, 1.54) is 0 Å². The molecule has 130 valence electrons. The fourth-order valence-electron chi connectivity index (χ4n) is 2.90. The molecule has 25 heavy (non-hydrogen) atoms. The zero-order valence-electron chi connectivity index (χ0n) is 14.5. The van der Waals surface area contributed by atoms with Crippen molar-refractivity contribution >= 4 is 23.2 Å². The molecule has 3 rings (SSSR count). The Morgan fingerprint density at radius 1 is 1.20 bits per heavy atom. The molecule has 5 heteroatoms. The highest BCUT2D eigenvalue weighted by Crippen LogP contribution is 2.21. The van der Waals surface area contributed by atoms with Crippen molar-refractivity contribution in [3.05, 3.63) is 70.7 Å². The second kappa shape index (κ2) is 7.81. The molecule has 1 aliphatic rings. The van der Waals surface area contributed by atoms with Gasteiger partial charge in [0.15, 0.2) is 0 Å². The number of hydrogen-bond acceptors (Lipinski definition) is 3. The minimum atomic E-state index is 0.0224. The average molecular weight is 356 g/mol. The van der Waals surface area contributed by atoms with Gasteiger partial charge in [0.25, 0.3) is 5.91 Å². The van der Waals surface area contributed by atoms with E-state index in [0.29, 0.717) is 13.1 Å². The van der Waals surface area contributed by atoms with E-state index >= 15 is 0 Å². The van der Waals surface area contributed by atoms with Crippen molar-refractivity contribution in [2.24, 2.45) is 5.10 Å². The van der Waals surface area contributed by atoms with Crippen LogP contribution < -0.4 is 0 Å². The Labute approximate surface area is 153 Å². The first kappa shape index (κ1) is 17.6. The quantitative estimate of drug-likeness (QED) is 0.813. The molecule has 0 saturated carbocycles. The predicted molar refractivity (Wildman–Crippen MR) is 102 cm³/mol. The lowest BCUT2D eigenvalue weighted by Gasteiger charge is -2.25. The third-order valence-electron chi connectivity index (χ3n) is 4.59. The highest BCUT2D eigenvalue weighted by molar-refractivity contribution is 6.30. The fourth-order valence-corrected chi connectivity index (χ4v) is 3.02. The molecule has 2 aromatic carbocycles. The summed E-state index contributed by atoms with van der Waals surface area (Å²) >= 11 is 5.94. The molecule has 0 aliphatic carbocycles. The van der Waals surface area contributed by atoms with Crippen LogP contribution in [0.15, 0.2) is 59.7 Å². The molecule has 4 nitrogen and oxygen atoms in total. The lowest BCUT2D eigenvalue weighted by atomic mass is 10.1. The van der Waals surface area contributed by atoms with Crippen molar-refractivity contribution < 1.29 is 4.79 Å². The Kier molecular flexibility index (Phi) is 5.51. The van der Waals surface area contributed by atoms with E-state index in [-0.39, 0.29) is 11.9 Å². The number of halogens is 1. The van der Waals surface area contributed by atoms with Gasteiger partial charge in [-0.1, -0.05) is 54.1 Å². The van der Waals surface area contributed by atoms with Crippen molar-refractivity contribution in [1.29, 1.82) is 0 Å². The van der Waals surface area contributed by atoms with E-state index < -0.39 is 0 Å². The lowest BCUT2D eigenvalue weighted by molar-refractivity contribution is -0.132. The van der Waals surface area contributed by atoms with Gasteiger partial charge in [0.05, 0.1) is 18.8 Å². The van der Waals surface area contributed by atoms with E-state index in [0.717, 1.165) is 28.3 Å². The third-order valence-corrected chi connectivity index (χ3v) is 4.85. The molecular formula is C20H22ClN3O. The maximum Gasteiger partial charge on any atom is 0.256 e. The normalized spacial score (nSPS) is 15.4. The molecule has 0 saturated heterocycles. The minimum absolute atomic E-state index is 0.0224. The summed E-state index contributed by atoms with van der Waals surface area (Å²) in [6.07, 6.45) is 0.798. The smallest absolute Gasteiger partial charge is 0.256 e. The molecule has 0 spiro atoms. The summed E-state index contributed by atoms with van der Waals surface area (Å²) in [7, 11) is 1.95. The number of hydrazone groups is 1. The molecular weight excluding hydrogens is 334 g/mol. The van der Waals surface area contributed by atoms with Gasteiger partial charge in [-0.15, -0.1) is 0 Å². The number of nitrogens with zero attached hydrogens (tertiary/aromatic N) is 3. The van der Waals surface area contributed by atoms with E-state index in [4.69, 9.17) is 11.6 Å². The second-order valence-corrected chi connectivity index (χ2v) is 6.76. The number of carbonyl (C=O) groups is 1. The van der Waals surface area contributed by atoms with Crippen LogP contribution in [-0.4, -0.2) is 41.7 Å². The maximum absolute atomic E-state index is 12.6. The van der Waals surface area contributed by atoms with Crippen LogP contribution >= 0.6 is 11.6 Å². The largest absolute Gasteiger partial charge is 0.291 e. The molecule has 1 atom stereocenters. The zero-order chi connectivity index (χ0) is 17.8. The van der Waals surface area contributed by atoms with Crippen LogP contribution in [-0.2, 0) is 4.79 Å². The van der Waals surface area contributed by atoms with E-state index in [9.17, 15) is 4.79 Å². The average Bonchev–Trinajstić information content (AvgIpc) is 3.13. The van der Waals surface area contributed by atoms with Crippen LogP contribution in [0.1, 0.15) is 30.5 Å². The van der Waals surface area contributed by atoms with Gasteiger partial charge in [-0.25, -0.2) is 5.01 Å². The molecule has 1 amide bonds. The summed E-state index contributed by atoms with van der Waals surface area (Å²) in [6.45, 7) is 3.06. The van der Waals surface area contributed by atoms with Crippen LogP contribution in [0.4, 0.5) is 0 Å². The summed E-state index contributed by atoms with van der Waals surface area (Å²) in [5.41, 5.74) is 3.19. The van der Waals surface area contributed by atoms with Gasteiger partial charge in [0.1, 0.15) is 0 Å². The van der Waals surface area contributed by atoms with Crippen LogP contribution in [0.2, 0.25) is 5.02 Å². The van der Waals surface area contributed by atoms with Gasteiger partial charge >= 0.3 is 0 Å². The van der Waals surface area contributed by atoms with Crippen molar-refractivity contribution in [3.8, 4) is 0 Å². The summed E-state index contributed by atoms with van der Waals surface area (Å²) in [5, 5.41) is 6.82. The van der Waals surface area contributed by atoms with Crippen LogP contribution in [0.5, 0.6) is 0 Å². The van der Waals surface area contributed by atoms with Gasteiger partial charge in [-0.3, -0.25) is 9.69 Å². The van der Waals surface area contributed by atoms with Crippen LogP contribution in [0.3, 0.4) is 0 Å². The summed E-state index contributed by atoms with van der Waals surface area (Å²) < 4.78 is 0. The predicted octanol–water partition coefficient (Wildman–Crippen LogP) is 3.97. The van der Waals surface area contributed by atoms with Gasteiger partial charge < -0.3 is 0 Å². The number of carbonyl (C=O) groups excluding carboxylic acids is 1. The molecule has 1 aliphatic heterocycles. The summed E-state index contributed by atoms with van der Waals surface area (Å²) in [6, 6.07) is 17.9. The number of likely N-dealkylation sites (N-methyl/N-ethyl adjacent to an activating group) is 1. The van der Waals surface area contributed by atoms with Crippen molar-refractivity contribution in [2.75, 3.05) is 20.1 Å². The third kappa shape index (κ3) is 4.27. The molecule has 2 aromatic rings. The maximum atomic E-state index is 12.6. The van der Waals surface area contributed by atoms with Gasteiger partial charge in [-0.05, 0) is 37.2 Å². The second-order valence-electron chi connectivity index (χ2n) is 6.32. The number of benzene rings is 2. The Bertz CT molecular complexity index is 758. The fraction of sp³-hybridized carbons (Fsp3) is 0.300. The Balaban J connectivity index is 1.62. The van der Waals surface area contributed by atoms with E-state index in [2.05, 4.69) is 12.0 Å². The van der Waals surface area contributed by atoms with Crippen LogP contribution in [0.25, 0.3) is 0 Å². The number of amides is 1. The first-order chi connectivity index (χ1) is 12.0. The summed E-state index contributed by atoms with van der Waals surface area (Å²) in [5.74, 6) is 0.0224. The Hall–Kier alpha value is -2.17. The number of hydrogen-bond donors (Lipinski definition) is 0. The highest BCUT2D eigenvalue weighted by Gasteiger charge is 2.24. The van der Waals surface area contributed by atoms with Crippen molar-refractivity contribution in [3.63, 3.8) is 0 Å². The standard InChI is InChI=1S/C20H22ClN3O/c1-15(16-8-10-18(21)11-9-16)23(2)14-20(25)24-13-12-19(22-24)17-6-4-3-5-7-17/h3-11,15H,12-14H2,1-2H3. The zero-order valence-corrected chi connectivity index (χ0v) is 15.3. The summed E-state index contributed by atoms with van der Waals surface area (Å²) in [4.78, 5) is 14.6. The van der Waals surface area contributed by atoms with Gasteiger partial charge in [0, 0.05) is 17.5 Å². The van der Waals surface area contributed by atoms with E-state index in [1.54, 1.807) is 5.01 Å². The topological polar surface area (TPSA) is 35.9 Å². The Morgan fingerprint density at radius 2 is 1.88 bits per heavy atom. The highest BCUT2D eigenvalue weighted by atomic mass is 35.5. The molecule has 1 heterocycles. The van der Waals surface area contributed by atoms with Crippen LogP contribution in [0, 0.1) is 0 Å². The molecule has 0 bridgehead atoms. The first-order valence-corrected chi connectivity index (χ1v) is 8.81. The lowest BCUT2D eigenvalue weighted by Crippen LogP contribution is -2.36. The van der Waals surface area contributed by atoms with Crippen molar-refractivity contribution in [2.45, 2.75) is 19.4 Å². The first-order valence-electron chi connectivity index (χ1n) is 8.43. The van der Waals surface area contributed by atoms with E-state index in [1.807, 2.05) is 66.5 Å². The monoisotopic (exact) mass is 355 g/mol. The van der Waals surface area contributed by atoms with Gasteiger partial charge in [-0.2, -0.15) is 5.10 Å². The molecule has 0 aromatic heterocycles. The molecule has 0 N–H and O–H groups in total. The molecule has 0 fully saturated rings. The van der Waals surface area contributed by atoms with Gasteiger partial charge in [0.2, 0.25) is 0 Å². The Morgan fingerprint density at radius 3 is 2.56 bits per heavy atom. The van der Waals surface area contributed by atoms with Crippen molar-refractivity contribution in [1.82, 2.24) is 9.91 Å².